The van der Waals surface area contributed by atoms with Gasteiger partial charge in [0.05, 0.1) is 6.61 Å². The van der Waals surface area contributed by atoms with Gasteiger partial charge in [-0.15, -0.1) is 0 Å². The molecule has 0 N–H and O–H groups in total. The van der Waals surface area contributed by atoms with Gasteiger partial charge in [-0.2, -0.15) is 11.8 Å². The largest absolute Gasteiger partial charge is 0.381 e. The molecule has 0 aromatic heterocycles. The van der Waals surface area contributed by atoms with E-state index in [9.17, 15) is 0 Å². The molecular weight excluding hydrogens is 192 g/mol. The highest BCUT2D eigenvalue weighted by atomic mass is 32.2. The smallest absolute Gasteiger partial charge is 0.0556 e. The van der Waals surface area contributed by atoms with Gasteiger partial charge in [-0.05, 0) is 12.0 Å². The fourth-order valence-electron chi connectivity index (χ4n) is 1.13. The molecule has 1 rings (SSSR count). The molecule has 0 aliphatic carbocycles. The van der Waals surface area contributed by atoms with Gasteiger partial charge in [-0.25, -0.2) is 0 Å². The van der Waals surface area contributed by atoms with Crippen molar-refractivity contribution in [2.75, 3.05) is 19.0 Å². The van der Waals surface area contributed by atoms with Crippen molar-refractivity contribution in [3.05, 3.63) is 35.9 Å². The van der Waals surface area contributed by atoms with E-state index in [4.69, 9.17) is 4.74 Å². The molecule has 0 heterocycles. The maximum Gasteiger partial charge on any atom is 0.0556 e. The molecule has 0 aliphatic heterocycles. The summed E-state index contributed by atoms with van der Waals surface area (Å²) in [5.74, 6) is 2.19. The predicted molar refractivity (Wildman–Crippen MR) is 63.7 cm³/mol. The zero-order valence-electron chi connectivity index (χ0n) is 8.74. The predicted octanol–water partition coefficient (Wildman–Crippen LogP) is 3.35. The monoisotopic (exact) mass is 210 g/mol. The summed E-state index contributed by atoms with van der Waals surface area (Å²) in [5, 5.41) is 0. The molecule has 0 spiro atoms. The molecule has 0 unspecified atom stereocenters. The molecule has 0 aliphatic rings. The van der Waals surface area contributed by atoms with E-state index in [1.54, 1.807) is 0 Å². The molecule has 78 valence electrons. The average Bonchev–Trinajstić information content (AvgIpc) is 2.25. The minimum absolute atomic E-state index is 0.880. The van der Waals surface area contributed by atoms with Crippen molar-refractivity contribution in [1.82, 2.24) is 0 Å². The fraction of sp³-hybridized carbons (Fsp3) is 0.500. The van der Waals surface area contributed by atoms with Crippen LogP contribution in [0.25, 0.3) is 0 Å². The molecule has 0 bridgehead atoms. The van der Waals surface area contributed by atoms with Gasteiger partial charge in [0.15, 0.2) is 0 Å². The molecule has 0 saturated carbocycles. The third-order valence-corrected chi connectivity index (χ3v) is 2.82. The van der Waals surface area contributed by atoms with Crippen LogP contribution >= 0.6 is 11.8 Å². The van der Waals surface area contributed by atoms with Crippen LogP contribution in [0.15, 0.2) is 30.3 Å². The average molecular weight is 210 g/mol. The van der Waals surface area contributed by atoms with Crippen molar-refractivity contribution in [2.45, 2.75) is 19.1 Å². The molecule has 0 saturated heterocycles. The standard InChI is InChI=1S/C12H18OS/c1-2-8-13-9-10-14-11-12-6-4-3-5-7-12/h3-7H,2,8-11H2,1H3. The van der Waals surface area contributed by atoms with E-state index in [2.05, 4.69) is 37.3 Å². The Hall–Kier alpha value is -0.470. The first-order valence-corrected chi connectivity index (χ1v) is 6.28. The van der Waals surface area contributed by atoms with Crippen LogP contribution in [0.2, 0.25) is 0 Å². The molecule has 1 nitrogen and oxygen atoms in total. The lowest BCUT2D eigenvalue weighted by Gasteiger charge is -2.02. The lowest BCUT2D eigenvalue weighted by molar-refractivity contribution is 0.151. The molecule has 0 atom stereocenters. The lowest BCUT2D eigenvalue weighted by atomic mass is 10.2. The van der Waals surface area contributed by atoms with Crippen LogP contribution in [0.3, 0.4) is 0 Å². The summed E-state index contributed by atoms with van der Waals surface area (Å²) in [4.78, 5) is 0. The molecule has 2 heteroatoms. The second-order valence-electron chi connectivity index (χ2n) is 3.15. The Labute approximate surface area is 90.9 Å². The number of benzene rings is 1. The second-order valence-corrected chi connectivity index (χ2v) is 4.26. The van der Waals surface area contributed by atoms with E-state index in [0.717, 1.165) is 31.1 Å². The van der Waals surface area contributed by atoms with E-state index in [0.29, 0.717) is 0 Å². The zero-order valence-corrected chi connectivity index (χ0v) is 9.56. The van der Waals surface area contributed by atoms with E-state index < -0.39 is 0 Å². The highest BCUT2D eigenvalue weighted by molar-refractivity contribution is 7.98. The fourth-order valence-corrected chi connectivity index (χ4v) is 1.94. The highest BCUT2D eigenvalue weighted by Gasteiger charge is 1.92. The molecule has 1 aromatic carbocycles. The molecular formula is C12H18OS. The van der Waals surface area contributed by atoms with Crippen LogP contribution in [0.4, 0.5) is 0 Å². The molecule has 0 amide bonds. The third kappa shape index (κ3) is 5.30. The maximum absolute atomic E-state index is 5.40. The summed E-state index contributed by atoms with van der Waals surface area (Å²) in [6, 6.07) is 10.6. The molecule has 0 fully saturated rings. The van der Waals surface area contributed by atoms with E-state index in [1.807, 2.05) is 11.8 Å². The van der Waals surface area contributed by atoms with Crippen molar-refractivity contribution >= 4 is 11.8 Å². The molecule has 1 aromatic rings. The second kappa shape index (κ2) is 7.89. The van der Waals surface area contributed by atoms with Gasteiger partial charge in [0, 0.05) is 18.1 Å². The number of hydrogen-bond donors (Lipinski definition) is 0. The summed E-state index contributed by atoms with van der Waals surface area (Å²) >= 11 is 1.93. The summed E-state index contributed by atoms with van der Waals surface area (Å²) < 4.78 is 5.40. The Bertz CT molecular complexity index is 223. The highest BCUT2D eigenvalue weighted by Crippen LogP contribution is 2.10. The summed E-state index contributed by atoms with van der Waals surface area (Å²) in [6.07, 6.45) is 1.11. The summed E-state index contributed by atoms with van der Waals surface area (Å²) in [7, 11) is 0. The van der Waals surface area contributed by atoms with Gasteiger partial charge in [0.2, 0.25) is 0 Å². The Morgan fingerprint density at radius 1 is 1.14 bits per heavy atom. The maximum atomic E-state index is 5.40. The van der Waals surface area contributed by atoms with E-state index in [1.165, 1.54) is 5.56 Å². The van der Waals surface area contributed by atoms with Gasteiger partial charge in [-0.1, -0.05) is 37.3 Å². The summed E-state index contributed by atoms with van der Waals surface area (Å²) in [6.45, 7) is 3.91. The Morgan fingerprint density at radius 2 is 1.93 bits per heavy atom. The topological polar surface area (TPSA) is 9.23 Å². The first-order valence-electron chi connectivity index (χ1n) is 5.13. The SMILES string of the molecule is CCCOCCSCc1ccccc1. The number of ether oxygens (including phenoxy) is 1. The van der Waals surface area contributed by atoms with Crippen LogP contribution in [0.5, 0.6) is 0 Å². The van der Waals surface area contributed by atoms with Crippen LogP contribution in [-0.2, 0) is 10.5 Å². The van der Waals surface area contributed by atoms with Crippen LogP contribution in [0.1, 0.15) is 18.9 Å². The minimum Gasteiger partial charge on any atom is -0.381 e. The number of thioether (sulfide) groups is 1. The van der Waals surface area contributed by atoms with Crippen LogP contribution in [-0.4, -0.2) is 19.0 Å². The molecule has 14 heavy (non-hydrogen) atoms. The van der Waals surface area contributed by atoms with Gasteiger partial charge >= 0.3 is 0 Å². The lowest BCUT2D eigenvalue weighted by Crippen LogP contribution is -1.98. The number of hydrogen-bond acceptors (Lipinski definition) is 2. The van der Waals surface area contributed by atoms with Crippen molar-refractivity contribution in [3.63, 3.8) is 0 Å². The molecule has 0 radical (unpaired) electrons. The summed E-state index contributed by atoms with van der Waals surface area (Å²) in [5.41, 5.74) is 1.40. The first-order chi connectivity index (χ1) is 6.93. The normalized spacial score (nSPS) is 10.4. The van der Waals surface area contributed by atoms with Crippen molar-refractivity contribution in [3.8, 4) is 0 Å². The number of rotatable bonds is 7. The Morgan fingerprint density at radius 3 is 2.64 bits per heavy atom. The zero-order chi connectivity index (χ0) is 10.1. The van der Waals surface area contributed by atoms with Crippen molar-refractivity contribution in [2.24, 2.45) is 0 Å². The van der Waals surface area contributed by atoms with E-state index >= 15 is 0 Å². The first kappa shape index (κ1) is 11.6. The van der Waals surface area contributed by atoms with Gasteiger partial charge in [0.1, 0.15) is 0 Å². The van der Waals surface area contributed by atoms with Crippen molar-refractivity contribution in [1.29, 1.82) is 0 Å². The van der Waals surface area contributed by atoms with E-state index in [-0.39, 0.29) is 0 Å². The van der Waals surface area contributed by atoms with Crippen LogP contribution in [0, 0.1) is 0 Å². The van der Waals surface area contributed by atoms with Gasteiger partial charge < -0.3 is 4.74 Å². The van der Waals surface area contributed by atoms with Gasteiger partial charge in [-0.3, -0.25) is 0 Å². The Kier molecular flexibility index (Phi) is 6.54. The minimum atomic E-state index is 0.880. The third-order valence-electron chi connectivity index (χ3n) is 1.83. The van der Waals surface area contributed by atoms with Crippen molar-refractivity contribution < 1.29 is 4.74 Å². The quantitative estimate of drug-likeness (QED) is 0.638. The van der Waals surface area contributed by atoms with Crippen LogP contribution < -0.4 is 0 Å². The van der Waals surface area contributed by atoms with Gasteiger partial charge in [0.25, 0.3) is 0 Å². The Balaban J connectivity index is 1.99.